The number of halogens is 2. The van der Waals surface area contributed by atoms with Crippen molar-refractivity contribution < 1.29 is 0 Å². The number of rotatable bonds is 6. The number of thiophene rings is 1. The number of hydrogen-bond acceptors (Lipinski definition) is 3. The van der Waals surface area contributed by atoms with Gasteiger partial charge in [0.2, 0.25) is 0 Å². The molecule has 0 fully saturated rings. The zero-order chi connectivity index (χ0) is 16.8. The Morgan fingerprint density at radius 3 is 2.79 bits per heavy atom. The molecule has 24 heavy (non-hydrogen) atoms. The molecule has 134 valence electrons. The van der Waals surface area contributed by atoms with Crippen LogP contribution >= 0.6 is 46.9 Å². The third-order valence-corrected chi connectivity index (χ3v) is 4.58. The number of aliphatic imine (C=N–C) groups is 1. The van der Waals surface area contributed by atoms with E-state index in [2.05, 4.69) is 38.6 Å². The molecular formula is C16H25ClIN5S. The van der Waals surface area contributed by atoms with Gasteiger partial charge in [-0.2, -0.15) is 0 Å². The molecule has 0 aliphatic heterocycles. The van der Waals surface area contributed by atoms with E-state index in [0.717, 1.165) is 29.2 Å². The third kappa shape index (κ3) is 6.25. The standard InChI is InChI=1S/C16H24ClN5S.HI/c1-12(2)10-22-8-7-19-15(22)9-20-16(18-3)21(4)11-13-5-6-14(17)23-13;/h5-8,12H,9-11H2,1-4H3,(H,18,20);1H. The molecule has 0 aliphatic carbocycles. The maximum atomic E-state index is 5.99. The highest BCUT2D eigenvalue weighted by Gasteiger charge is 2.10. The lowest BCUT2D eigenvalue weighted by molar-refractivity contribution is 0.471. The Hall–Kier alpha value is -0.800. The molecular weight excluding hydrogens is 457 g/mol. The molecule has 2 rings (SSSR count). The van der Waals surface area contributed by atoms with Crippen LogP contribution < -0.4 is 5.32 Å². The summed E-state index contributed by atoms with van der Waals surface area (Å²) in [5, 5.41) is 3.38. The van der Waals surface area contributed by atoms with E-state index in [0.29, 0.717) is 12.5 Å². The molecule has 0 saturated heterocycles. The number of guanidine groups is 1. The largest absolute Gasteiger partial charge is 0.349 e. The van der Waals surface area contributed by atoms with Crippen molar-refractivity contribution in [2.24, 2.45) is 10.9 Å². The van der Waals surface area contributed by atoms with Crippen LogP contribution in [0.1, 0.15) is 24.5 Å². The molecule has 5 nitrogen and oxygen atoms in total. The summed E-state index contributed by atoms with van der Waals surface area (Å²) in [7, 11) is 3.81. The van der Waals surface area contributed by atoms with Gasteiger partial charge in [0.05, 0.1) is 17.4 Å². The summed E-state index contributed by atoms with van der Waals surface area (Å²) in [4.78, 5) is 12.1. The zero-order valence-corrected chi connectivity index (χ0v) is 18.4. The van der Waals surface area contributed by atoms with Crippen LogP contribution in [0.5, 0.6) is 0 Å². The van der Waals surface area contributed by atoms with Crippen molar-refractivity contribution in [2.45, 2.75) is 33.5 Å². The highest BCUT2D eigenvalue weighted by Crippen LogP contribution is 2.22. The second kappa shape index (κ2) is 10.2. The summed E-state index contributed by atoms with van der Waals surface area (Å²) in [6, 6.07) is 3.97. The fraction of sp³-hybridized carbons (Fsp3) is 0.500. The van der Waals surface area contributed by atoms with E-state index < -0.39 is 0 Å². The van der Waals surface area contributed by atoms with Gasteiger partial charge < -0.3 is 14.8 Å². The molecule has 2 heterocycles. The number of aromatic nitrogens is 2. The predicted octanol–water partition coefficient (Wildman–Crippen LogP) is 4.08. The SMILES string of the molecule is CN=C(NCc1nccn1CC(C)C)N(C)Cc1ccc(Cl)s1.I. The Morgan fingerprint density at radius 2 is 2.21 bits per heavy atom. The summed E-state index contributed by atoms with van der Waals surface area (Å²) in [5.41, 5.74) is 0. The van der Waals surface area contributed by atoms with Gasteiger partial charge in [-0.1, -0.05) is 25.4 Å². The fourth-order valence-corrected chi connectivity index (χ4v) is 3.50. The maximum Gasteiger partial charge on any atom is 0.194 e. The van der Waals surface area contributed by atoms with E-state index >= 15 is 0 Å². The minimum atomic E-state index is 0. The molecule has 0 aromatic carbocycles. The van der Waals surface area contributed by atoms with Gasteiger partial charge in [0, 0.05) is 37.9 Å². The molecule has 0 atom stereocenters. The first-order valence-corrected chi connectivity index (χ1v) is 8.85. The summed E-state index contributed by atoms with van der Waals surface area (Å²) < 4.78 is 3.00. The first-order chi connectivity index (χ1) is 11.0. The van der Waals surface area contributed by atoms with Crippen LogP contribution in [0.25, 0.3) is 0 Å². The summed E-state index contributed by atoms with van der Waals surface area (Å²) >= 11 is 7.58. The lowest BCUT2D eigenvalue weighted by atomic mass is 10.2. The van der Waals surface area contributed by atoms with Crippen LogP contribution in [0, 0.1) is 5.92 Å². The summed E-state index contributed by atoms with van der Waals surface area (Å²) in [5.74, 6) is 2.45. The summed E-state index contributed by atoms with van der Waals surface area (Å²) in [6.45, 7) is 6.81. The van der Waals surface area contributed by atoms with E-state index in [1.54, 1.807) is 18.4 Å². The number of imidazole rings is 1. The van der Waals surface area contributed by atoms with Gasteiger partial charge in [-0.3, -0.25) is 4.99 Å². The van der Waals surface area contributed by atoms with E-state index in [-0.39, 0.29) is 24.0 Å². The molecule has 0 bridgehead atoms. The van der Waals surface area contributed by atoms with Crippen molar-refractivity contribution in [1.29, 1.82) is 0 Å². The lowest BCUT2D eigenvalue weighted by Gasteiger charge is -2.21. The second-order valence-electron chi connectivity index (χ2n) is 5.85. The van der Waals surface area contributed by atoms with E-state index in [1.165, 1.54) is 4.88 Å². The average molecular weight is 482 g/mol. The highest BCUT2D eigenvalue weighted by atomic mass is 127. The van der Waals surface area contributed by atoms with Crippen LogP contribution in [0.3, 0.4) is 0 Å². The lowest BCUT2D eigenvalue weighted by Crippen LogP contribution is -2.38. The first-order valence-electron chi connectivity index (χ1n) is 7.65. The van der Waals surface area contributed by atoms with Crippen LogP contribution in [0.15, 0.2) is 29.5 Å². The van der Waals surface area contributed by atoms with Crippen LogP contribution in [0.2, 0.25) is 4.34 Å². The predicted molar refractivity (Wildman–Crippen MR) is 113 cm³/mol. The van der Waals surface area contributed by atoms with Crippen molar-refractivity contribution >= 4 is 52.9 Å². The molecule has 1 N–H and O–H groups in total. The Labute approximate surface area is 170 Å². The topological polar surface area (TPSA) is 45.5 Å². The Bertz CT molecular complexity index is 652. The van der Waals surface area contributed by atoms with Gasteiger partial charge in [0.1, 0.15) is 5.82 Å². The number of nitrogens with zero attached hydrogens (tertiary/aromatic N) is 4. The van der Waals surface area contributed by atoms with Gasteiger partial charge in [0.15, 0.2) is 5.96 Å². The number of nitrogens with one attached hydrogen (secondary N) is 1. The Morgan fingerprint density at radius 1 is 1.46 bits per heavy atom. The van der Waals surface area contributed by atoms with E-state index in [1.807, 2.05) is 31.6 Å². The van der Waals surface area contributed by atoms with E-state index in [9.17, 15) is 0 Å². The van der Waals surface area contributed by atoms with Gasteiger partial charge in [-0.15, -0.1) is 35.3 Å². The molecule has 0 aliphatic rings. The molecule has 0 radical (unpaired) electrons. The van der Waals surface area contributed by atoms with Crippen LogP contribution in [-0.2, 0) is 19.6 Å². The van der Waals surface area contributed by atoms with E-state index in [4.69, 9.17) is 11.6 Å². The van der Waals surface area contributed by atoms with Crippen LogP contribution in [-0.4, -0.2) is 34.5 Å². The zero-order valence-electron chi connectivity index (χ0n) is 14.5. The Balaban J connectivity index is 0.00000288. The molecule has 0 unspecified atom stereocenters. The van der Waals surface area contributed by atoms with Crippen molar-refractivity contribution in [3.05, 3.63) is 39.6 Å². The minimum absolute atomic E-state index is 0. The third-order valence-electron chi connectivity index (χ3n) is 3.36. The van der Waals surface area contributed by atoms with Crippen molar-refractivity contribution in [3.63, 3.8) is 0 Å². The molecule has 0 amide bonds. The minimum Gasteiger partial charge on any atom is -0.349 e. The molecule has 2 aromatic rings. The van der Waals surface area contributed by atoms with Crippen molar-refractivity contribution in [2.75, 3.05) is 14.1 Å². The second-order valence-corrected chi connectivity index (χ2v) is 7.65. The van der Waals surface area contributed by atoms with Gasteiger partial charge >= 0.3 is 0 Å². The number of hydrogen-bond donors (Lipinski definition) is 1. The molecule has 2 aromatic heterocycles. The molecule has 0 spiro atoms. The van der Waals surface area contributed by atoms with Crippen molar-refractivity contribution in [1.82, 2.24) is 19.8 Å². The molecule has 0 saturated carbocycles. The van der Waals surface area contributed by atoms with Gasteiger partial charge in [-0.25, -0.2) is 4.98 Å². The van der Waals surface area contributed by atoms with Crippen LogP contribution in [0.4, 0.5) is 0 Å². The Kier molecular flexibility index (Phi) is 9.07. The monoisotopic (exact) mass is 481 g/mol. The quantitative estimate of drug-likeness (QED) is 0.384. The normalized spacial score (nSPS) is 11.5. The first kappa shape index (κ1) is 21.2. The van der Waals surface area contributed by atoms with Crippen molar-refractivity contribution in [3.8, 4) is 0 Å². The smallest absolute Gasteiger partial charge is 0.194 e. The highest BCUT2D eigenvalue weighted by molar-refractivity contribution is 14.0. The maximum absolute atomic E-state index is 5.99. The fourth-order valence-electron chi connectivity index (χ4n) is 2.36. The average Bonchev–Trinajstić information content (AvgIpc) is 3.08. The summed E-state index contributed by atoms with van der Waals surface area (Å²) in [6.07, 6.45) is 3.87. The van der Waals surface area contributed by atoms with Gasteiger partial charge in [0.25, 0.3) is 0 Å². The molecule has 8 heteroatoms. The van der Waals surface area contributed by atoms with Gasteiger partial charge in [-0.05, 0) is 18.1 Å².